The molecule has 2 rings (SSSR count). The molecule has 1 fully saturated rings. The van der Waals surface area contributed by atoms with Gasteiger partial charge in [0.2, 0.25) is 5.91 Å². The predicted octanol–water partition coefficient (Wildman–Crippen LogP) is 3.56. The van der Waals surface area contributed by atoms with E-state index in [2.05, 4.69) is 18.8 Å². The lowest BCUT2D eigenvalue weighted by molar-refractivity contribution is -0.131. The maximum absolute atomic E-state index is 12.2. The van der Waals surface area contributed by atoms with Crippen molar-refractivity contribution < 1.29 is 4.79 Å². The number of nitrogens with zero attached hydrogens (tertiary/aromatic N) is 1. The Morgan fingerprint density at radius 3 is 2.86 bits per heavy atom. The van der Waals surface area contributed by atoms with Gasteiger partial charge in [-0.3, -0.25) is 4.79 Å². The van der Waals surface area contributed by atoms with Crippen LogP contribution in [0.25, 0.3) is 0 Å². The molecule has 4 heteroatoms. The van der Waals surface area contributed by atoms with E-state index in [4.69, 9.17) is 11.6 Å². The van der Waals surface area contributed by atoms with Gasteiger partial charge in [0.25, 0.3) is 0 Å². The van der Waals surface area contributed by atoms with Gasteiger partial charge in [-0.2, -0.15) is 0 Å². The third-order valence-corrected chi connectivity index (χ3v) is 4.34. The average molecular weight is 307 g/mol. The van der Waals surface area contributed by atoms with E-state index >= 15 is 0 Å². The van der Waals surface area contributed by atoms with Crippen LogP contribution < -0.4 is 5.32 Å². The first-order chi connectivity index (χ1) is 10.1. The van der Waals surface area contributed by atoms with Crippen molar-refractivity contribution in [2.45, 2.75) is 38.3 Å². The van der Waals surface area contributed by atoms with Crippen LogP contribution in [0.5, 0.6) is 0 Å². The molecule has 1 aromatic carbocycles. The van der Waals surface area contributed by atoms with Crippen molar-refractivity contribution in [2.75, 3.05) is 13.1 Å². The molecule has 0 bridgehead atoms. The van der Waals surface area contributed by atoms with Crippen molar-refractivity contribution >= 4 is 17.5 Å². The minimum absolute atomic E-state index is 0.0988. The van der Waals surface area contributed by atoms with E-state index in [-0.39, 0.29) is 11.9 Å². The zero-order chi connectivity index (χ0) is 15.2. The van der Waals surface area contributed by atoms with Crippen LogP contribution in [0.3, 0.4) is 0 Å². The molecule has 1 heterocycles. The number of rotatable bonds is 7. The summed E-state index contributed by atoms with van der Waals surface area (Å²) in [7, 11) is 0. The van der Waals surface area contributed by atoms with Crippen LogP contribution >= 0.6 is 11.6 Å². The van der Waals surface area contributed by atoms with Gasteiger partial charge in [-0.15, -0.1) is 6.58 Å². The Labute approximate surface area is 132 Å². The van der Waals surface area contributed by atoms with Crippen LogP contribution in [0.15, 0.2) is 36.9 Å². The van der Waals surface area contributed by atoms with Gasteiger partial charge in [0.05, 0.1) is 6.04 Å². The quantitative estimate of drug-likeness (QED) is 0.617. The Morgan fingerprint density at radius 2 is 2.19 bits per heavy atom. The molecular formula is C17H23ClN2O. The Kier molecular flexibility index (Phi) is 5.83. The summed E-state index contributed by atoms with van der Waals surface area (Å²) < 4.78 is 0. The minimum atomic E-state index is 0.0988. The van der Waals surface area contributed by atoms with E-state index < -0.39 is 0 Å². The lowest BCUT2D eigenvalue weighted by Crippen LogP contribution is -2.37. The number of amides is 1. The van der Waals surface area contributed by atoms with Crippen molar-refractivity contribution in [1.82, 2.24) is 10.2 Å². The summed E-state index contributed by atoms with van der Waals surface area (Å²) in [5.74, 6) is 0.256. The van der Waals surface area contributed by atoms with Gasteiger partial charge in [-0.1, -0.05) is 29.8 Å². The molecule has 0 aromatic heterocycles. The standard InChI is InChI=1S/C17H23ClN2O/c1-3-11-19-12-10-16-8-9-17(21)20(16)13(2)14-4-6-15(18)7-5-14/h3-7,13,16,19H,1,8-12H2,2H3/t13-,16+/m1/s1. The first kappa shape index (κ1) is 16.1. The number of benzene rings is 1. The maximum atomic E-state index is 12.2. The molecule has 1 N–H and O–H groups in total. The molecule has 2 atom stereocenters. The second kappa shape index (κ2) is 7.62. The van der Waals surface area contributed by atoms with Crippen LogP contribution in [-0.4, -0.2) is 29.9 Å². The van der Waals surface area contributed by atoms with Crippen molar-refractivity contribution in [3.63, 3.8) is 0 Å². The molecule has 1 aliphatic heterocycles. The Morgan fingerprint density at radius 1 is 1.48 bits per heavy atom. The Balaban J connectivity index is 2.01. The summed E-state index contributed by atoms with van der Waals surface area (Å²) in [6, 6.07) is 8.20. The fraction of sp³-hybridized carbons (Fsp3) is 0.471. The second-order valence-electron chi connectivity index (χ2n) is 5.50. The molecule has 1 aromatic rings. The zero-order valence-corrected chi connectivity index (χ0v) is 13.3. The number of hydrogen-bond donors (Lipinski definition) is 1. The lowest BCUT2D eigenvalue weighted by atomic mass is 10.0. The average Bonchev–Trinajstić information content (AvgIpc) is 2.85. The van der Waals surface area contributed by atoms with E-state index in [1.165, 1.54) is 0 Å². The van der Waals surface area contributed by atoms with Gasteiger partial charge in [0.15, 0.2) is 0 Å². The minimum Gasteiger partial charge on any atom is -0.333 e. The summed E-state index contributed by atoms with van der Waals surface area (Å²) >= 11 is 5.93. The van der Waals surface area contributed by atoms with Gasteiger partial charge in [0, 0.05) is 24.0 Å². The molecule has 1 aliphatic rings. The molecule has 0 radical (unpaired) electrons. The fourth-order valence-corrected chi connectivity index (χ4v) is 3.08. The Hall–Kier alpha value is -1.32. The van der Waals surface area contributed by atoms with Crippen LogP contribution in [0.2, 0.25) is 5.02 Å². The van der Waals surface area contributed by atoms with Crippen molar-refractivity contribution in [1.29, 1.82) is 0 Å². The second-order valence-corrected chi connectivity index (χ2v) is 5.94. The van der Waals surface area contributed by atoms with Crippen molar-refractivity contribution in [3.8, 4) is 0 Å². The maximum Gasteiger partial charge on any atom is 0.223 e. The van der Waals surface area contributed by atoms with Crippen LogP contribution in [0.1, 0.15) is 37.8 Å². The molecule has 3 nitrogen and oxygen atoms in total. The van der Waals surface area contributed by atoms with Gasteiger partial charge in [-0.05, 0) is 44.0 Å². The van der Waals surface area contributed by atoms with Gasteiger partial charge < -0.3 is 10.2 Å². The first-order valence-electron chi connectivity index (χ1n) is 7.51. The highest BCUT2D eigenvalue weighted by Crippen LogP contribution is 2.31. The number of hydrogen-bond acceptors (Lipinski definition) is 2. The molecule has 0 spiro atoms. The topological polar surface area (TPSA) is 32.3 Å². The van der Waals surface area contributed by atoms with Crippen molar-refractivity contribution in [3.05, 3.63) is 47.5 Å². The van der Waals surface area contributed by atoms with E-state index in [9.17, 15) is 4.79 Å². The highest BCUT2D eigenvalue weighted by molar-refractivity contribution is 6.30. The first-order valence-corrected chi connectivity index (χ1v) is 7.89. The highest BCUT2D eigenvalue weighted by Gasteiger charge is 2.34. The van der Waals surface area contributed by atoms with Gasteiger partial charge in [0.1, 0.15) is 0 Å². The van der Waals surface area contributed by atoms with Crippen LogP contribution in [-0.2, 0) is 4.79 Å². The van der Waals surface area contributed by atoms with E-state index in [0.29, 0.717) is 12.5 Å². The van der Waals surface area contributed by atoms with E-state index in [0.717, 1.165) is 36.5 Å². The van der Waals surface area contributed by atoms with E-state index in [1.54, 1.807) is 0 Å². The van der Waals surface area contributed by atoms with Gasteiger partial charge >= 0.3 is 0 Å². The Bertz CT molecular complexity index is 486. The van der Waals surface area contributed by atoms with Crippen LogP contribution in [0, 0.1) is 0 Å². The zero-order valence-electron chi connectivity index (χ0n) is 12.5. The smallest absolute Gasteiger partial charge is 0.223 e. The predicted molar refractivity (Wildman–Crippen MR) is 87.4 cm³/mol. The summed E-state index contributed by atoms with van der Waals surface area (Å²) in [4.78, 5) is 14.3. The molecule has 0 unspecified atom stereocenters. The molecule has 0 saturated carbocycles. The highest BCUT2D eigenvalue weighted by atomic mass is 35.5. The molecule has 1 amide bonds. The SMILES string of the molecule is C=CCNCC[C@@H]1CCC(=O)N1[C@H](C)c1ccc(Cl)cc1. The third-order valence-electron chi connectivity index (χ3n) is 4.09. The molecule has 1 saturated heterocycles. The summed E-state index contributed by atoms with van der Waals surface area (Å²) in [6.07, 6.45) is 4.45. The van der Waals surface area contributed by atoms with E-state index in [1.807, 2.05) is 35.2 Å². The molecule has 21 heavy (non-hydrogen) atoms. The number of nitrogens with one attached hydrogen (secondary N) is 1. The number of carbonyl (C=O) groups excluding carboxylic acids is 1. The molecular weight excluding hydrogens is 284 g/mol. The number of halogens is 1. The largest absolute Gasteiger partial charge is 0.333 e. The summed E-state index contributed by atoms with van der Waals surface area (Å²) in [6.45, 7) is 7.51. The lowest BCUT2D eigenvalue weighted by Gasteiger charge is -2.31. The molecule has 114 valence electrons. The van der Waals surface area contributed by atoms with Crippen molar-refractivity contribution in [2.24, 2.45) is 0 Å². The third kappa shape index (κ3) is 4.08. The van der Waals surface area contributed by atoms with Crippen LogP contribution in [0.4, 0.5) is 0 Å². The number of likely N-dealkylation sites (tertiary alicyclic amines) is 1. The summed E-state index contributed by atoms with van der Waals surface area (Å²) in [5.41, 5.74) is 1.14. The molecule has 0 aliphatic carbocycles. The number of carbonyl (C=O) groups is 1. The monoisotopic (exact) mass is 306 g/mol. The fourth-order valence-electron chi connectivity index (χ4n) is 2.95. The normalized spacial score (nSPS) is 19.8. The van der Waals surface area contributed by atoms with Gasteiger partial charge in [-0.25, -0.2) is 0 Å². The summed E-state index contributed by atoms with van der Waals surface area (Å²) in [5, 5.41) is 4.04.